The molecule has 0 saturated heterocycles. The van der Waals surface area contributed by atoms with E-state index in [1.807, 2.05) is 42.7 Å². The molecule has 2 heterocycles. The van der Waals surface area contributed by atoms with Crippen molar-refractivity contribution in [1.82, 2.24) is 15.2 Å². The fourth-order valence-corrected chi connectivity index (χ4v) is 2.02. The van der Waals surface area contributed by atoms with E-state index >= 15 is 0 Å². The van der Waals surface area contributed by atoms with Crippen LogP contribution >= 0.6 is 0 Å². The number of aryl methyl sites for hydroxylation is 1. The Hall–Kier alpha value is -2.49. The van der Waals surface area contributed by atoms with Crippen molar-refractivity contribution in [1.29, 1.82) is 0 Å². The molecule has 0 saturated carbocycles. The Kier molecular flexibility index (Phi) is 3.06. The lowest BCUT2D eigenvalue weighted by Crippen LogP contribution is -2.03. The maximum absolute atomic E-state index is 4.15. The molecule has 19 heavy (non-hydrogen) atoms. The third kappa shape index (κ3) is 2.38. The summed E-state index contributed by atoms with van der Waals surface area (Å²) in [6, 6.07) is 9.99. The van der Waals surface area contributed by atoms with E-state index in [1.165, 1.54) is 11.1 Å². The molecule has 0 unspecified atom stereocenters. The minimum atomic E-state index is 0.732. The van der Waals surface area contributed by atoms with Gasteiger partial charge in [0.05, 0.1) is 17.4 Å². The number of rotatable bonds is 3. The van der Waals surface area contributed by atoms with Gasteiger partial charge >= 0.3 is 0 Å². The zero-order valence-electron chi connectivity index (χ0n) is 10.7. The molecule has 1 aromatic carbocycles. The van der Waals surface area contributed by atoms with E-state index in [2.05, 4.69) is 27.4 Å². The summed E-state index contributed by atoms with van der Waals surface area (Å²) in [5, 5.41) is 12.6. The number of nitrogens with zero attached hydrogens (tertiary/aromatic N) is 3. The van der Waals surface area contributed by atoms with Gasteiger partial charge in [0.1, 0.15) is 0 Å². The molecule has 1 N–H and O–H groups in total. The van der Waals surface area contributed by atoms with Gasteiger partial charge in [-0.1, -0.05) is 18.2 Å². The molecule has 3 rings (SSSR count). The lowest BCUT2D eigenvalue weighted by molar-refractivity contribution is 1.05. The molecule has 4 nitrogen and oxygen atoms in total. The average Bonchev–Trinajstić information content (AvgIpc) is 2.46. The van der Waals surface area contributed by atoms with Crippen LogP contribution in [0.25, 0.3) is 10.9 Å². The minimum Gasteiger partial charge on any atom is -0.379 e. The van der Waals surface area contributed by atoms with Gasteiger partial charge in [0, 0.05) is 24.3 Å². The first-order valence-corrected chi connectivity index (χ1v) is 6.18. The number of nitrogens with one attached hydrogen (secondary N) is 1. The van der Waals surface area contributed by atoms with Crippen LogP contribution < -0.4 is 5.32 Å². The summed E-state index contributed by atoms with van der Waals surface area (Å²) < 4.78 is 0. The second kappa shape index (κ2) is 5.02. The largest absolute Gasteiger partial charge is 0.379 e. The van der Waals surface area contributed by atoms with Crippen LogP contribution in [0.4, 0.5) is 5.69 Å². The third-order valence-electron chi connectivity index (χ3n) is 3.16. The van der Waals surface area contributed by atoms with Gasteiger partial charge in [0.15, 0.2) is 0 Å². The number of anilines is 1. The molecule has 0 spiro atoms. The highest BCUT2D eigenvalue weighted by Crippen LogP contribution is 2.20. The van der Waals surface area contributed by atoms with Crippen molar-refractivity contribution in [3.05, 3.63) is 60.0 Å². The quantitative estimate of drug-likeness (QED) is 0.776. The van der Waals surface area contributed by atoms with E-state index in [4.69, 9.17) is 0 Å². The summed E-state index contributed by atoms with van der Waals surface area (Å²) in [7, 11) is 0. The summed E-state index contributed by atoms with van der Waals surface area (Å²) >= 11 is 0. The first kappa shape index (κ1) is 11.6. The van der Waals surface area contributed by atoms with Crippen LogP contribution in [0.15, 0.2) is 48.9 Å². The van der Waals surface area contributed by atoms with Gasteiger partial charge < -0.3 is 5.32 Å². The fourth-order valence-electron chi connectivity index (χ4n) is 2.02. The highest BCUT2D eigenvalue weighted by Gasteiger charge is 2.03. The fraction of sp³-hybridized carbons (Fsp3) is 0.133. The van der Waals surface area contributed by atoms with Gasteiger partial charge in [-0.3, -0.25) is 4.98 Å². The van der Waals surface area contributed by atoms with Crippen molar-refractivity contribution < 1.29 is 0 Å². The van der Waals surface area contributed by atoms with Crippen molar-refractivity contribution in [2.45, 2.75) is 13.5 Å². The summed E-state index contributed by atoms with van der Waals surface area (Å²) in [6.45, 7) is 2.82. The monoisotopic (exact) mass is 250 g/mol. The Morgan fingerprint density at radius 3 is 2.89 bits per heavy atom. The molecule has 94 valence electrons. The molecule has 0 aliphatic carbocycles. The highest BCUT2D eigenvalue weighted by atomic mass is 15.1. The summed E-state index contributed by atoms with van der Waals surface area (Å²) in [5.74, 6) is 0. The van der Waals surface area contributed by atoms with Crippen molar-refractivity contribution >= 4 is 16.6 Å². The van der Waals surface area contributed by atoms with Crippen molar-refractivity contribution in [2.75, 3.05) is 5.32 Å². The Morgan fingerprint density at radius 2 is 2.00 bits per heavy atom. The average molecular weight is 250 g/mol. The van der Waals surface area contributed by atoms with Gasteiger partial charge in [-0.25, -0.2) is 0 Å². The van der Waals surface area contributed by atoms with E-state index in [-0.39, 0.29) is 0 Å². The second-order valence-corrected chi connectivity index (χ2v) is 4.43. The predicted octanol–water partition coefficient (Wildman–Crippen LogP) is 2.95. The first-order valence-electron chi connectivity index (χ1n) is 6.18. The first-order chi connectivity index (χ1) is 9.34. The molecule has 4 heteroatoms. The van der Waals surface area contributed by atoms with Gasteiger partial charge in [0.2, 0.25) is 0 Å². The molecule has 3 aromatic rings. The van der Waals surface area contributed by atoms with E-state index in [9.17, 15) is 0 Å². The molecule has 0 fully saturated rings. The molecule has 0 amide bonds. The zero-order valence-corrected chi connectivity index (χ0v) is 10.7. The Bertz CT molecular complexity index is 704. The lowest BCUT2D eigenvalue weighted by atomic mass is 10.1. The molecular formula is C15H14N4. The molecule has 0 aliphatic heterocycles. The molecule has 0 bridgehead atoms. The number of benzene rings is 1. The van der Waals surface area contributed by atoms with Gasteiger partial charge in [-0.2, -0.15) is 10.2 Å². The number of aromatic nitrogens is 3. The number of hydrogen-bond acceptors (Lipinski definition) is 4. The smallest absolute Gasteiger partial charge is 0.0950 e. The topological polar surface area (TPSA) is 50.7 Å². The second-order valence-electron chi connectivity index (χ2n) is 4.43. The van der Waals surface area contributed by atoms with Crippen LogP contribution in [0.2, 0.25) is 0 Å². The summed E-state index contributed by atoms with van der Waals surface area (Å²) in [6.07, 6.45) is 5.45. The molecule has 2 aromatic heterocycles. The van der Waals surface area contributed by atoms with Crippen LogP contribution in [0.5, 0.6) is 0 Å². The van der Waals surface area contributed by atoms with Gasteiger partial charge in [-0.05, 0) is 30.2 Å². The summed E-state index contributed by atoms with van der Waals surface area (Å²) in [5.41, 5.74) is 4.31. The standard InChI is InChI=1S/C15H14N4/c1-11-6-7-16-8-12(11)9-17-15-10-18-19-14-5-3-2-4-13(14)15/h2-8,10H,9H2,1H3,(H,17,19). The van der Waals surface area contributed by atoms with E-state index in [0.717, 1.165) is 23.1 Å². The molecule has 0 atom stereocenters. The number of hydrogen-bond donors (Lipinski definition) is 1. The van der Waals surface area contributed by atoms with E-state index in [1.54, 1.807) is 6.20 Å². The van der Waals surface area contributed by atoms with Crippen molar-refractivity contribution in [2.24, 2.45) is 0 Å². The number of pyridine rings is 1. The molecule has 0 aliphatic rings. The van der Waals surface area contributed by atoms with Gasteiger partial charge in [-0.15, -0.1) is 0 Å². The highest BCUT2D eigenvalue weighted by molar-refractivity contribution is 5.90. The Morgan fingerprint density at radius 1 is 1.11 bits per heavy atom. The molecule has 0 radical (unpaired) electrons. The minimum absolute atomic E-state index is 0.732. The van der Waals surface area contributed by atoms with E-state index < -0.39 is 0 Å². The maximum atomic E-state index is 4.15. The zero-order chi connectivity index (χ0) is 13.1. The van der Waals surface area contributed by atoms with Gasteiger partial charge in [0.25, 0.3) is 0 Å². The third-order valence-corrected chi connectivity index (χ3v) is 3.16. The van der Waals surface area contributed by atoms with Crippen LogP contribution in [-0.2, 0) is 6.54 Å². The van der Waals surface area contributed by atoms with Crippen molar-refractivity contribution in [3.63, 3.8) is 0 Å². The maximum Gasteiger partial charge on any atom is 0.0950 e. The lowest BCUT2D eigenvalue weighted by Gasteiger charge is -2.09. The Balaban J connectivity index is 1.88. The summed E-state index contributed by atoms with van der Waals surface area (Å²) in [4.78, 5) is 4.15. The number of fused-ring (bicyclic) bond motifs is 1. The van der Waals surface area contributed by atoms with Crippen LogP contribution in [-0.4, -0.2) is 15.2 Å². The SMILES string of the molecule is Cc1ccncc1CNc1cnnc2ccccc12. The molecular weight excluding hydrogens is 236 g/mol. The van der Waals surface area contributed by atoms with Crippen LogP contribution in [0.1, 0.15) is 11.1 Å². The Labute approximate surface area is 111 Å². The predicted molar refractivity (Wildman–Crippen MR) is 75.8 cm³/mol. The van der Waals surface area contributed by atoms with E-state index in [0.29, 0.717) is 0 Å². The normalized spacial score (nSPS) is 10.6. The van der Waals surface area contributed by atoms with Crippen LogP contribution in [0, 0.1) is 6.92 Å². The van der Waals surface area contributed by atoms with Crippen molar-refractivity contribution in [3.8, 4) is 0 Å². The van der Waals surface area contributed by atoms with Crippen LogP contribution in [0.3, 0.4) is 0 Å².